The zero-order valence-electron chi connectivity index (χ0n) is 15.0. The van der Waals surface area contributed by atoms with Gasteiger partial charge in [0.25, 0.3) is 0 Å². The predicted molar refractivity (Wildman–Crippen MR) is 91.7 cm³/mol. The molecule has 0 unspecified atom stereocenters. The van der Waals surface area contributed by atoms with Gasteiger partial charge in [0.05, 0.1) is 6.10 Å². The Hall–Kier alpha value is -0.300. The van der Waals surface area contributed by atoms with Crippen LogP contribution in [0.3, 0.4) is 0 Å². The predicted octanol–water partition coefficient (Wildman–Crippen LogP) is 5.60. The van der Waals surface area contributed by atoms with Crippen molar-refractivity contribution in [3.05, 3.63) is 11.6 Å². The summed E-state index contributed by atoms with van der Waals surface area (Å²) in [5.41, 5.74) is 2.89. The Bertz CT molecular complexity index is 480. The lowest BCUT2D eigenvalue weighted by Gasteiger charge is -2.58. The summed E-state index contributed by atoms with van der Waals surface area (Å²) in [5.74, 6) is 3.86. The number of hydrogen-bond donors (Lipinski definition) is 0. The molecule has 0 saturated heterocycles. The molecule has 0 amide bonds. The average molecular weight is 303 g/mol. The molecule has 3 fully saturated rings. The first-order valence-electron chi connectivity index (χ1n) is 9.71. The molecule has 0 bridgehead atoms. The molecule has 124 valence electrons. The van der Waals surface area contributed by atoms with E-state index in [-0.39, 0.29) is 0 Å². The molecule has 0 aromatic rings. The van der Waals surface area contributed by atoms with Crippen LogP contribution < -0.4 is 0 Å². The van der Waals surface area contributed by atoms with Crippen LogP contribution in [0.2, 0.25) is 0 Å². The van der Waals surface area contributed by atoms with Crippen LogP contribution in [0.4, 0.5) is 0 Å². The summed E-state index contributed by atoms with van der Waals surface area (Å²) in [6.07, 6.45) is 14.3. The first kappa shape index (κ1) is 15.2. The monoisotopic (exact) mass is 302 g/mol. The van der Waals surface area contributed by atoms with E-state index in [2.05, 4.69) is 26.8 Å². The number of allylic oxidation sites excluding steroid dienone is 1. The van der Waals surface area contributed by atoms with Crippen LogP contribution in [0, 0.1) is 34.5 Å². The maximum absolute atomic E-state index is 5.68. The van der Waals surface area contributed by atoms with E-state index in [1.165, 1.54) is 51.4 Å². The van der Waals surface area contributed by atoms with Gasteiger partial charge < -0.3 is 4.74 Å². The van der Waals surface area contributed by atoms with Gasteiger partial charge in [-0.2, -0.15) is 0 Å². The van der Waals surface area contributed by atoms with E-state index in [1.807, 2.05) is 7.11 Å². The van der Waals surface area contributed by atoms with Crippen LogP contribution in [-0.2, 0) is 4.74 Å². The topological polar surface area (TPSA) is 9.23 Å². The molecule has 7 atom stereocenters. The summed E-state index contributed by atoms with van der Waals surface area (Å²) in [6.45, 7) is 7.74. The van der Waals surface area contributed by atoms with Gasteiger partial charge in [0.2, 0.25) is 0 Å². The maximum atomic E-state index is 5.68. The molecule has 0 aromatic heterocycles. The number of rotatable bonds is 1. The third-order valence-electron chi connectivity index (χ3n) is 8.87. The van der Waals surface area contributed by atoms with E-state index in [0.717, 1.165) is 23.7 Å². The molecule has 0 spiro atoms. The van der Waals surface area contributed by atoms with Crippen LogP contribution in [0.5, 0.6) is 0 Å². The fourth-order valence-corrected chi connectivity index (χ4v) is 7.09. The molecule has 1 nitrogen and oxygen atoms in total. The summed E-state index contributed by atoms with van der Waals surface area (Å²) in [5, 5.41) is 0. The average Bonchev–Trinajstić information content (AvgIpc) is 2.82. The minimum Gasteiger partial charge on any atom is -0.381 e. The van der Waals surface area contributed by atoms with E-state index in [4.69, 9.17) is 4.74 Å². The maximum Gasteiger partial charge on any atom is 0.0608 e. The Morgan fingerprint density at radius 3 is 2.64 bits per heavy atom. The van der Waals surface area contributed by atoms with E-state index in [9.17, 15) is 0 Å². The van der Waals surface area contributed by atoms with Crippen molar-refractivity contribution in [2.24, 2.45) is 34.5 Å². The van der Waals surface area contributed by atoms with Crippen LogP contribution in [-0.4, -0.2) is 13.2 Å². The molecule has 4 aliphatic rings. The smallest absolute Gasteiger partial charge is 0.0608 e. The highest BCUT2D eigenvalue weighted by Crippen LogP contribution is 2.66. The first-order chi connectivity index (χ1) is 10.5. The van der Waals surface area contributed by atoms with Crippen LogP contribution >= 0.6 is 0 Å². The van der Waals surface area contributed by atoms with Crippen LogP contribution in [0.15, 0.2) is 11.6 Å². The second-order valence-corrected chi connectivity index (χ2v) is 9.38. The molecular formula is C21H34O. The third-order valence-corrected chi connectivity index (χ3v) is 8.87. The summed E-state index contributed by atoms with van der Waals surface area (Å²) in [4.78, 5) is 0. The number of hydrogen-bond acceptors (Lipinski definition) is 1. The Kier molecular flexibility index (Phi) is 3.53. The zero-order valence-corrected chi connectivity index (χ0v) is 15.0. The van der Waals surface area contributed by atoms with Gasteiger partial charge in [0.1, 0.15) is 0 Å². The molecule has 4 aliphatic carbocycles. The summed E-state index contributed by atoms with van der Waals surface area (Å²) >= 11 is 0. The van der Waals surface area contributed by atoms with Crippen molar-refractivity contribution in [2.45, 2.75) is 78.2 Å². The molecule has 0 radical (unpaired) electrons. The van der Waals surface area contributed by atoms with Crippen LogP contribution in [0.1, 0.15) is 72.1 Å². The highest BCUT2D eigenvalue weighted by molar-refractivity contribution is 5.25. The van der Waals surface area contributed by atoms with Crippen molar-refractivity contribution in [3.8, 4) is 0 Å². The van der Waals surface area contributed by atoms with Crippen molar-refractivity contribution >= 4 is 0 Å². The van der Waals surface area contributed by atoms with Gasteiger partial charge in [-0.1, -0.05) is 32.4 Å². The lowest BCUT2D eigenvalue weighted by molar-refractivity contribution is -0.0511. The van der Waals surface area contributed by atoms with Crippen molar-refractivity contribution in [3.63, 3.8) is 0 Å². The third kappa shape index (κ3) is 1.93. The Morgan fingerprint density at radius 2 is 1.86 bits per heavy atom. The van der Waals surface area contributed by atoms with Crippen molar-refractivity contribution in [2.75, 3.05) is 7.11 Å². The molecule has 0 aromatic carbocycles. The molecule has 4 rings (SSSR count). The van der Waals surface area contributed by atoms with Gasteiger partial charge in [0.15, 0.2) is 0 Å². The fourth-order valence-electron chi connectivity index (χ4n) is 7.09. The van der Waals surface area contributed by atoms with E-state index in [1.54, 1.807) is 5.57 Å². The minimum atomic E-state index is 0.483. The van der Waals surface area contributed by atoms with E-state index >= 15 is 0 Å². The molecule has 0 N–H and O–H groups in total. The lowest BCUT2D eigenvalue weighted by Crippen LogP contribution is -2.50. The first-order valence-corrected chi connectivity index (χ1v) is 9.71. The normalized spacial score (nSPS) is 54.2. The summed E-state index contributed by atoms with van der Waals surface area (Å²) < 4.78 is 5.68. The Labute approximate surface area is 136 Å². The van der Waals surface area contributed by atoms with Gasteiger partial charge >= 0.3 is 0 Å². The highest BCUT2D eigenvalue weighted by atomic mass is 16.5. The second-order valence-electron chi connectivity index (χ2n) is 9.38. The highest BCUT2D eigenvalue weighted by Gasteiger charge is 2.57. The van der Waals surface area contributed by atoms with Crippen molar-refractivity contribution in [1.82, 2.24) is 0 Å². The molecular weight excluding hydrogens is 268 g/mol. The number of methoxy groups -OCH3 is 1. The van der Waals surface area contributed by atoms with E-state index < -0.39 is 0 Å². The molecule has 0 aliphatic heterocycles. The molecule has 0 heterocycles. The number of fused-ring (bicyclic) bond motifs is 5. The zero-order chi connectivity index (χ0) is 15.5. The number of ether oxygens (including phenoxy) is 1. The Balaban J connectivity index is 1.64. The fraction of sp³-hybridized carbons (Fsp3) is 0.905. The molecule has 22 heavy (non-hydrogen) atoms. The quantitative estimate of drug-likeness (QED) is 0.573. The van der Waals surface area contributed by atoms with Gasteiger partial charge in [-0.25, -0.2) is 0 Å². The van der Waals surface area contributed by atoms with Crippen molar-refractivity contribution < 1.29 is 4.74 Å². The lowest BCUT2D eigenvalue weighted by atomic mass is 9.47. The van der Waals surface area contributed by atoms with Gasteiger partial charge in [-0.05, 0) is 85.9 Å². The SMILES string of the molecule is CO[C@H]1CC[C@@]2(C)C(=CC[C@H]3[C@@H]4CC[C@H](C)[C@@]4(C)CC[C@@H]32)C1. The van der Waals surface area contributed by atoms with Crippen molar-refractivity contribution in [1.29, 1.82) is 0 Å². The standard InChI is InChI=1S/C21H34O/c1-14-5-8-18-17-7-6-15-13-16(22-4)9-11-21(15,3)19(17)10-12-20(14,18)2/h6,14,16-19H,5,7-13H2,1-4H3/t14-,16-,17-,18-,19-,20+,21-/m0/s1. The largest absolute Gasteiger partial charge is 0.381 e. The van der Waals surface area contributed by atoms with Gasteiger partial charge in [0, 0.05) is 7.11 Å². The summed E-state index contributed by atoms with van der Waals surface area (Å²) in [6, 6.07) is 0. The second kappa shape index (κ2) is 5.10. The summed E-state index contributed by atoms with van der Waals surface area (Å²) in [7, 11) is 1.89. The van der Waals surface area contributed by atoms with Gasteiger partial charge in [-0.3, -0.25) is 0 Å². The van der Waals surface area contributed by atoms with E-state index in [0.29, 0.717) is 16.9 Å². The minimum absolute atomic E-state index is 0.483. The van der Waals surface area contributed by atoms with Gasteiger partial charge in [-0.15, -0.1) is 0 Å². The molecule has 3 saturated carbocycles. The Morgan fingerprint density at radius 1 is 1.05 bits per heavy atom. The molecule has 1 heteroatoms. The van der Waals surface area contributed by atoms with Crippen LogP contribution in [0.25, 0.3) is 0 Å².